The SMILES string of the molecule is CC(C)C(C)(C)[Si](C)(C)OCC1CC(n2cnc3c(N)ncnc32)C=C1C=O. The predicted molar refractivity (Wildman–Crippen MR) is 113 cm³/mol. The Bertz CT molecular complexity index is 903. The zero-order valence-corrected chi connectivity index (χ0v) is 18.6. The largest absolute Gasteiger partial charge is 0.416 e. The average molecular weight is 402 g/mol. The molecule has 7 nitrogen and oxygen atoms in total. The molecule has 1 aliphatic carbocycles. The number of carbonyl (C=O) groups excluding carboxylic acids is 1. The van der Waals surface area contributed by atoms with E-state index in [0.29, 0.717) is 29.5 Å². The van der Waals surface area contributed by atoms with E-state index < -0.39 is 8.32 Å². The third-order valence-corrected chi connectivity index (χ3v) is 11.5. The average Bonchev–Trinajstić information content (AvgIpc) is 3.24. The lowest BCUT2D eigenvalue weighted by atomic mass is 9.99. The van der Waals surface area contributed by atoms with Crippen LogP contribution in [0, 0.1) is 11.8 Å². The van der Waals surface area contributed by atoms with Gasteiger partial charge in [-0.25, -0.2) is 15.0 Å². The van der Waals surface area contributed by atoms with Gasteiger partial charge in [0.05, 0.1) is 12.4 Å². The van der Waals surface area contributed by atoms with Gasteiger partial charge in [-0.2, -0.15) is 0 Å². The number of nitrogens with zero attached hydrogens (tertiary/aromatic N) is 4. The smallest absolute Gasteiger partial charge is 0.192 e. The van der Waals surface area contributed by atoms with E-state index in [9.17, 15) is 4.79 Å². The van der Waals surface area contributed by atoms with Crippen LogP contribution in [0.4, 0.5) is 5.82 Å². The molecule has 2 atom stereocenters. The summed E-state index contributed by atoms with van der Waals surface area (Å²) in [7, 11) is -1.94. The van der Waals surface area contributed by atoms with Crippen LogP contribution in [0.15, 0.2) is 24.3 Å². The van der Waals surface area contributed by atoms with Crippen LogP contribution in [-0.2, 0) is 9.22 Å². The fourth-order valence-electron chi connectivity index (χ4n) is 3.65. The number of nitrogens with two attached hydrogens (primary N) is 1. The molecular formula is C20H31N5O2Si. The van der Waals surface area contributed by atoms with Gasteiger partial charge in [0.15, 0.2) is 19.8 Å². The van der Waals surface area contributed by atoms with Gasteiger partial charge in [0, 0.05) is 12.5 Å². The van der Waals surface area contributed by atoms with Gasteiger partial charge in [0.25, 0.3) is 0 Å². The number of hydrogen-bond donors (Lipinski definition) is 1. The number of rotatable bonds is 7. The molecule has 2 unspecified atom stereocenters. The molecule has 0 saturated heterocycles. The number of aldehydes is 1. The molecule has 0 spiro atoms. The fraction of sp³-hybridized carbons (Fsp3) is 0.600. The summed E-state index contributed by atoms with van der Waals surface area (Å²) in [6, 6.07) is 0.0102. The van der Waals surface area contributed by atoms with E-state index in [1.807, 2.05) is 10.6 Å². The number of aromatic nitrogens is 4. The summed E-state index contributed by atoms with van der Waals surface area (Å²) < 4.78 is 8.48. The van der Waals surface area contributed by atoms with Crippen LogP contribution < -0.4 is 5.73 Å². The van der Waals surface area contributed by atoms with E-state index in [4.69, 9.17) is 10.2 Å². The Balaban J connectivity index is 1.78. The van der Waals surface area contributed by atoms with Crippen molar-refractivity contribution in [3.8, 4) is 0 Å². The lowest BCUT2D eigenvalue weighted by Gasteiger charge is -2.43. The van der Waals surface area contributed by atoms with Crippen molar-refractivity contribution in [1.29, 1.82) is 0 Å². The molecule has 0 aromatic carbocycles. The van der Waals surface area contributed by atoms with Gasteiger partial charge in [-0.1, -0.05) is 33.8 Å². The molecule has 8 heteroatoms. The van der Waals surface area contributed by atoms with E-state index >= 15 is 0 Å². The maximum Gasteiger partial charge on any atom is 0.192 e. The number of fused-ring (bicyclic) bond motifs is 1. The summed E-state index contributed by atoms with van der Waals surface area (Å²) in [5, 5.41) is 0.144. The highest BCUT2D eigenvalue weighted by Crippen LogP contribution is 2.45. The summed E-state index contributed by atoms with van der Waals surface area (Å²) in [6.07, 6.45) is 6.91. The maximum atomic E-state index is 11.7. The van der Waals surface area contributed by atoms with Crippen molar-refractivity contribution in [3.05, 3.63) is 24.3 Å². The van der Waals surface area contributed by atoms with Crippen LogP contribution in [0.1, 0.15) is 40.2 Å². The Kier molecular flexibility index (Phi) is 5.46. The number of anilines is 1. The van der Waals surface area contributed by atoms with Crippen LogP contribution >= 0.6 is 0 Å². The second-order valence-electron chi connectivity index (χ2n) is 9.07. The summed E-state index contributed by atoms with van der Waals surface area (Å²) in [4.78, 5) is 24.4. The fourth-order valence-corrected chi connectivity index (χ4v) is 6.03. The minimum Gasteiger partial charge on any atom is -0.416 e. The van der Waals surface area contributed by atoms with Gasteiger partial charge >= 0.3 is 0 Å². The topological polar surface area (TPSA) is 95.9 Å². The van der Waals surface area contributed by atoms with E-state index in [1.54, 1.807) is 6.33 Å². The van der Waals surface area contributed by atoms with Crippen LogP contribution in [0.25, 0.3) is 11.2 Å². The molecule has 0 amide bonds. The van der Waals surface area contributed by atoms with Crippen LogP contribution in [0.3, 0.4) is 0 Å². The summed E-state index contributed by atoms with van der Waals surface area (Å²) in [6.45, 7) is 14.2. The normalized spacial score (nSPS) is 20.8. The first-order chi connectivity index (χ1) is 13.1. The van der Waals surface area contributed by atoms with Gasteiger partial charge in [-0.05, 0) is 36.0 Å². The number of nitrogen functional groups attached to an aromatic ring is 1. The number of carbonyl (C=O) groups is 1. The first kappa shape index (κ1) is 20.7. The van der Waals surface area contributed by atoms with Crippen molar-refractivity contribution in [1.82, 2.24) is 19.5 Å². The van der Waals surface area contributed by atoms with E-state index in [1.165, 1.54) is 6.33 Å². The minimum atomic E-state index is -1.94. The Labute approximate surface area is 167 Å². The monoisotopic (exact) mass is 401 g/mol. The van der Waals surface area contributed by atoms with E-state index in [2.05, 4.69) is 55.7 Å². The molecule has 152 valence electrons. The van der Waals surface area contributed by atoms with E-state index in [0.717, 1.165) is 18.3 Å². The summed E-state index contributed by atoms with van der Waals surface area (Å²) in [5.74, 6) is 0.979. The Hall–Kier alpha value is -2.06. The van der Waals surface area contributed by atoms with Gasteiger partial charge in [-0.3, -0.25) is 4.79 Å². The minimum absolute atomic E-state index is 0.0102. The zero-order valence-electron chi connectivity index (χ0n) is 17.6. The molecule has 0 bridgehead atoms. The third-order valence-electron chi connectivity index (χ3n) is 6.90. The summed E-state index contributed by atoms with van der Waals surface area (Å²) in [5.41, 5.74) is 7.97. The molecule has 1 aliphatic rings. The second kappa shape index (κ2) is 7.40. The maximum absolute atomic E-state index is 11.7. The second-order valence-corrected chi connectivity index (χ2v) is 13.7. The molecule has 3 rings (SSSR count). The first-order valence-electron chi connectivity index (χ1n) is 9.82. The molecule has 2 aromatic heterocycles. The molecule has 0 saturated carbocycles. The molecule has 2 N–H and O–H groups in total. The highest BCUT2D eigenvalue weighted by molar-refractivity contribution is 6.74. The Morgan fingerprint density at radius 1 is 1.36 bits per heavy atom. The van der Waals surface area contributed by atoms with Gasteiger partial charge < -0.3 is 14.7 Å². The van der Waals surface area contributed by atoms with Crippen LogP contribution in [0.2, 0.25) is 18.1 Å². The van der Waals surface area contributed by atoms with Crippen molar-refractivity contribution < 1.29 is 9.22 Å². The van der Waals surface area contributed by atoms with Crippen molar-refractivity contribution >= 4 is 31.6 Å². The van der Waals surface area contributed by atoms with Gasteiger partial charge in [0.2, 0.25) is 0 Å². The Morgan fingerprint density at radius 2 is 2.07 bits per heavy atom. The van der Waals surface area contributed by atoms with Crippen molar-refractivity contribution in [2.24, 2.45) is 11.8 Å². The molecule has 0 radical (unpaired) electrons. The quantitative estimate of drug-likeness (QED) is 0.561. The number of hydrogen-bond acceptors (Lipinski definition) is 6. The third kappa shape index (κ3) is 3.51. The molecule has 28 heavy (non-hydrogen) atoms. The number of allylic oxidation sites excluding steroid dienone is 1. The predicted octanol–water partition coefficient (Wildman–Crippen LogP) is 3.75. The van der Waals surface area contributed by atoms with Gasteiger partial charge in [0.1, 0.15) is 18.1 Å². The number of imidazole rings is 1. The van der Waals surface area contributed by atoms with Crippen molar-refractivity contribution in [3.63, 3.8) is 0 Å². The first-order valence-corrected chi connectivity index (χ1v) is 12.7. The Morgan fingerprint density at radius 3 is 2.71 bits per heavy atom. The summed E-state index contributed by atoms with van der Waals surface area (Å²) >= 11 is 0. The molecule has 0 aliphatic heterocycles. The highest BCUT2D eigenvalue weighted by atomic mass is 28.4. The molecule has 0 fully saturated rings. The molecule has 2 heterocycles. The van der Waals surface area contributed by atoms with Crippen LogP contribution in [-0.4, -0.2) is 40.7 Å². The lowest BCUT2D eigenvalue weighted by molar-refractivity contribution is -0.105. The van der Waals surface area contributed by atoms with Crippen molar-refractivity contribution in [2.45, 2.75) is 58.3 Å². The van der Waals surface area contributed by atoms with Crippen molar-refractivity contribution in [2.75, 3.05) is 12.3 Å². The standard InChI is InChI=1S/C20H31N5O2Si/c1-13(2)20(3,4)28(5,6)27-10-15-8-16(7-14(15)9-26)25-12-24-17-18(21)22-11-23-19(17)25/h7,9,11-13,15-16H,8,10H2,1-6H3,(H2,21,22,23). The molecular weight excluding hydrogens is 370 g/mol. The lowest BCUT2D eigenvalue weighted by Crippen LogP contribution is -2.46. The van der Waals surface area contributed by atoms with Crippen LogP contribution in [0.5, 0.6) is 0 Å². The van der Waals surface area contributed by atoms with E-state index in [-0.39, 0.29) is 17.0 Å². The highest BCUT2D eigenvalue weighted by Gasteiger charge is 2.44. The van der Waals surface area contributed by atoms with Gasteiger partial charge in [-0.15, -0.1) is 0 Å². The molecule has 2 aromatic rings. The zero-order chi connectivity index (χ0) is 20.7.